The fraction of sp³-hybridized carbons (Fsp3) is 0.838. The summed E-state index contributed by atoms with van der Waals surface area (Å²) < 4.78 is 12.5. The number of aliphatic carboxylic acids is 1. The number of esters is 1. The monoisotopic (exact) mass is 645 g/mol. The largest absolute Gasteiger partial charge is 0.478 e. The first kappa shape index (κ1) is 37.0. The van der Waals surface area contributed by atoms with Crippen LogP contribution >= 0.6 is 0 Å². The molecule has 0 heterocycles. The van der Waals surface area contributed by atoms with Gasteiger partial charge in [-0.05, 0) is 111 Å². The molecule has 4 aliphatic carbocycles. The summed E-state index contributed by atoms with van der Waals surface area (Å²) in [7, 11) is 0. The van der Waals surface area contributed by atoms with Crippen LogP contribution in [0.25, 0.3) is 0 Å². The van der Waals surface area contributed by atoms with Crippen LogP contribution < -0.4 is 11.5 Å². The highest BCUT2D eigenvalue weighted by molar-refractivity contribution is 5.88. The fourth-order valence-corrected chi connectivity index (χ4v) is 11.0. The van der Waals surface area contributed by atoms with Crippen LogP contribution in [0.5, 0.6) is 0 Å². The summed E-state index contributed by atoms with van der Waals surface area (Å²) in [6.07, 6.45) is 7.10. The number of aliphatic hydroxyl groups excluding tert-OH is 1. The molecule has 0 unspecified atom stereocenters. The molecule has 0 aliphatic heterocycles. The van der Waals surface area contributed by atoms with Crippen molar-refractivity contribution in [3.05, 3.63) is 22.8 Å². The SMILES string of the molecule is CC(=O)O[C@H]1C[C@@]2(C)[C@@H](C[C@@H](O)[C@H]3[C@@]4(C)CC[C@@H](OCCN(CCN)CCN)[C@@H](C)[C@@H]4CC[C@@]32C)/C1=C(\CCC=C(C)C)C(=O)O. The van der Waals surface area contributed by atoms with Crippen molar-refractivity contribution in [1.29, 1.82) is 0 Å². The average Bonchev–Trinajstić information content (AvgIpc) is 3.23. The van der Waals surface area contributed by atoms with Gasteiger partial charge in [-0.25, -0.2) is 4.79 Å². The van der Waals surface area contributed by atoms with Gasteiger partial charge in [0, 0.05) is 45.2 Å². The number of carbonyl (C=O) groups is 2. The highest BCUT2D eigenvalue weighted by Gasteiger charge is 2.71. The van der Waals surface area contributed by atoms with Gasteiger partial charge >= 0.3 is 11.9 Å². The minimum absolute atomic E-state index is 0.0595. The molecule has 262 valence electrons. The van der Waals surface area contributed by atoms with Crippen LogP contribution in [0, 0.1) is 39.9 Å². The summed E-state index contributed by atoms with van der Waals surface area (Å²) in [5.41, 5.74) is 13.2. The molecule has 9 nitrogen and oxygen atoms in total. The van der Waals surface area contributed by atoms with Gasteiger partial charge in [0.1, 0.15) is 6.10 Å². The Morgan fingerprint density at radius 2 is 1.70 bits per heavy atom. The van der Waals surface area contributed by atoms with Gasteiger partial charge in [0.15, 0.2) is 0 Å². The Kier molecular flexibility index (Phi) is 11.9. The van der Waals surface area contributed by atoms with E-state index in [9.17, 15) is 19.8 Å². The second kappa shape index (κ2) is 14.8. The van der Waals surface area contributed by atoms with E-state index in [1.807, 2.05) is 13.8 Å². The summed E-state index contributed by atoms with van der Waals surface area (Å²) in [5.74, 6) is -0.657. The highest BCUT2D eigenvalue weighted by Crippen LogP contribution is 2.74. The molecule has 4 rings (SSSR count). The molecule has 0 aromatic heterocycles. The molecule has 0 spiro atoms. The zero-order valence-corrected chi connectivity index (χ0v) is 29.6. The van der Waals surface area contributed by atoms with E-state index in [0.29, 0.717) is 62.8 Å². The van der Waals surface area contributed by atoms with E-state index in [4.69, 9.17) is 20.9 Å². The van der Waals surface area contributed by atoms with Gasteiger partial charge in [0.25, 0.3) is 0 Å². The number of nitrogens with two attached hydrogens (primary N) is 2. The Labute approximate surface area is 277 Å². The summed E-state index contributed by atoms with van der Waals surface area (Å²) >= 11 is 0. The van der Waals surface area contributed by atoms with Gasteiger partial charge in [0.2, 0.25) is 0 Å². The van der Waals surface area contributed by atoms with Crippen LogP contribution in [-0.2, 0) is 19.1 Å². The maximum atomic E-state index is 12.8. The van der Waals surface area contributed by atoms with E-state index in [0.717, 1.165) is 56.5 Å². The molecule has 0 amide bonds. The number of hydrogen-bond acceptors (Lipinski definition) is 8. The first-order valence-corrected chi connectivity index (χ1v) is 17.8. The van der Waals surface area contributed by atoms with E-state index in [2.05, 4.69) is 38.7 Å². The summed E-state index contributed by atoms with van der Waals surface area (Å²) in [4.78, 5) is 27.4. The molecule has 0 aromatic rings. The first-order chi connectivity index (χ1) is 21.6. The number of carboxylic acids is 1. The summed E-state index contributed by atoms with van der Waals surface area (Å²) in [6, 6.07) is 0. The lowest BCUT2D eigenvalue weighted by atomic mass is 9.36. The molecular formula is C37H63N3O6. The van der Waals surface area contributed by atoms with E-state index in [1.165, 1.54) is 6.92 Å². The number of ether oxygens (including phenoxy) is 2. The number of allylic oxidation sites excluding steroid dienone is 2. The molecule has 0 saturated heterocycles. The van der Waals surface area contributed by atoms with Gasteiger partial charge in [-0.15, -0.1) is 0 Å². The van der Waals surface area contributed by atoms with Crippen LogP contribution in [-0.4, -0.2) is 84.7 Å². The average molecular weight is 646 g/mol. The van der Waals surface area contributed by atoms with Crippen molar-refractivity contribution in [2.24, 2.45) is 51.4 Å². The smallest absolute Gasteiger partial charge is 0.331 e. The number of aliphatic hydroxyl groups is 1. The zero-order valence-electron chi connectivity index (χ0n) is 29.6. The van der Waals surface area contributed by atoms with Gasteiger partial charge < -0.3 is 31.2 Å². The van der Waals surface area contributed by atoms with Gasteiger partial charge in [0.05, 0.1) is 18.8 Å². The first-order valence-electron chi connectivity index (χ1n) is 17.8. The van der Waals surface area contributed by atoms with Crippen molar-refractivity contribution >= 4 is 11.9 Å². The van der Waals surface area contributed by atoms with Crippen LogP contribution in [0.1, 0.15) is 99.8 Å². The second-order valence-corrected chi connectivity index (χ2v) is 15.9. The maximum absolute atomic E-state index is 12.8. The molecule has 4 saturated carbocycles. The number of fused-ring (bicyclic) bond motifs is 5. The van der Waals surface area contributed by atoms with Crippen molar-refractivity contribution < 1.29 is 29.3 Å². The minimum atomic E-state index is -0.947. The Morgan fingerprint density at radius 1 is 1.02 bits per heavy atom. The Balaban J connectivity index is 1.62. The lowest BCUT2D eigenvalue weighted by Crippen LogP contribution is -2.65. The molecule has 4 fully saturated rings. The third-order valence-corrected chi connectivity index (χ3v) is 13.2. The van der Waals surface area contributed by atoms with Crippen molar-refractivity contribution in [3.63, 3.8) is 0 Å². The third-order valence-electron chi connectivity index (χ3n) is 13.2. The molecule has 46 heavy (non-hydrogen) atoms. The van der Waals surface area contributed by atoms with Crippen LogP contribution in [0.15, 0.2) is 22.8 Å². The third kappa shape index (κ3) is 6.87. The number of carboxylic acid groups (broad SMARTS) is 1. The molecule has 0 bridgehead atoms. The molecule has 4 aliphatic rings. The summed E-state index contributed by atoms with van der Waals surface area (Å²) in [5, 5.41) is 22.7. The van der Waals surface area contributed by atoms with E-state index < -0.39 is 24.1 Å². The Morgan fingerprint density at radius 3 is 2.28 bits per heavy atom. The fourth-order valence-electron chi connectivity index (χ4n) is 11.0. The van der Waals surface area contributed by atoms with Crippen LogP contribution in [0.2, 0.25) is 0 Å². The van der Waals surface area contributed by atoms with Crippen molar-refractivity contribution in [2.45, 2.75) is 118 Å². The molecular weight excluding hydrogens is 582 g/mol. The van der Waals surface area contributed by atoms with Crippen molar-refractivity contribution in [1.82, 2.24) is 4.90 Å². The highest BCUT2D eigenvalue weighted by atomic mass is 16.5. The lowest BCUT2D eigenvalue weighted by molar-refractivity contribution is -0.237. The lowest BCUT2D eigenvalue weighted by Gasteiger charge is -2.69. The zero-order chi connectivity index (χ0) is 34.0. The number of nitrogens with zero attached hydrogens (tertiary/aromatic N) is 1. The van der Waals surface area contributed by atoms with Gasteiger partial charge in [-0.1, -0.05) is 39.3 Å². The van der Waals surface area contributed by atoms with E-state index in [-0.39, 0.29) is 34.2 Å². The predicted octanol–water partition coefficient (Wildman–Crippen LogP) is 4.91. The minimum Gasteiger partial charge on any atom is -0.478 e. The molecule has 10 atom stereocenters. The Bertz CT molecular complexity index is 1160. The van der Waals surface area contributed by atoms with Crippen molar-refractivity contribution in [2.75, 3.05) is 39.3 Å². The topological polar surface area (TPSA) is 148 Å². The number of carbonyl (C=O) groups excluding carboxylic acids is 1. The molecule has 0 aromatic carbocycles. The van der Waals surface area contributed by atoms with Crippen LogP contribution in [0.3, 0.4) is 0 Å². The molecule has 9 heteroatoms. The molecule has 0 radical (unpaired) electrons. The van der Waals surface area contributed by atoms with E-state index >= 15 is 0 Å². The maximum Gasteiger partial charge on any atom is 0.331 e. The number of rotatable bonds is 13. The quantitative estimate of drug-likeness (QED) is 0.125. The normalized spacial score (nSPS) is 39.7. The molecule has 6 N–H and O–H groups in total. The van der Waals surface area contributed by atoms with Crippen molar-refractivity contribution in [3.8, 4) is 0 Å². The van der Waals surface area contributed by atoms with Crippen LogP contribution in [0.4, 0.5) is 0 Å². The van der Waals surface area contributed by atoms with Gasteiger partial charge in [-0.2, -0.15) is 0 Å². The predicted molar refractivity (Wildman–Crippen MR) is 181 cm³/mol. The van der Waals surface area contributed by atoms with E-state index in [1.54, 1.807) is 0 Å². The standard InChI is InChI=1S/C37H63N3O6/c1-23(2)9-8-10-26(34(43)44)32-28-21-29(42)33-35(5)13-12-30(45-20-19-40(17-15-38)18-16-39)24(3)27(35)11-14-36(33,6)37(28,7)22-31(32)46-25(4)41/h9,24,27-31,33,42H,8,10-22,38-39H2,1-7H3,(H,43,44)/b32-26-/t24-,27-,28-,29+,30+,31-,33-,35-,36-,37-/m0/s1. The summed E-state index contributed by atoms with van der Waals surface area (Å²) in [6.45, 7) is 19.2. The van der Waals surface area contributed by atoms with Gasteiger partial charge in [-0.3, -0.25) is 9.69 Å². The Hall–Kier alpha value is -1.78. The number of hydrogen-bond donors (Lipinski definition) is 4. The second-order valence-electron chi connectivity index (χ2n) is 15.9.